The summed E-state index contributed by atoms with van der Waals surface area (Å²) in [4.78, 5) is 2.69. The van der Waals surface area contributed by atoms with E-state index in [4.69, 9.17) is 28.4 Å². The Morgan fingerprint density at radius 3 is 1.46 bits per heavy atom. The topological polar surface area (TPSA) is 60.3 Å². The van der Waals surface area contributed by atoms with Gasteiger partial charge in [-0.05, 0) is 0 Å². The molecule has 7 nitrogen and oxygen atoms in total. The Morgan fingerprint density at radius 2 is 1.03 bits per heavy atom. The number of nitrogens with zero attached hydrogens (tertiary/aromatic N) is 1. The molecule has 0 saturated heterocycles. The van der Waals surface area contributed by atoms with Crippen molar-refractivity contribution < 1.29 is 28.4 Å². The summed E-state index contributed by atoms with van der Waals surface area (Å²) < 4.78 is 40.0. The highest BCUT2D eigenvalue weighted by Crippen LogP contribution is 2.64. The first-order valence-electron chi connectivity index (χ1n) is 11.5. The first-order valence-corrected chi connectivity index (χ1v) is 20.1. The zero-order valence-electron chi connectivity index (χ0n) is 20.8. The molecule has 210 valence electrons. The molecule has 3 heterocycles. The molecule has 1 aromatic rings. The molecule has 0 aromatic carbocycles. The van der Waals surface area contributed by atoms with Crippen LogP contribution in [-0.4, -0.2) is 95.8 Å². The predicted octanol–water partition coefficient (Wildman–Crippen LogP) is 7.09. The van der Waals surface area contributed by atoms with Gasteiger partial charge in [0.2, 0.25) is 0 Å². The fourth-order valence-corrected chi connectivity index (χ4v) is 12.3. The maximum absolute atomic E-state index is 5.75. The number of thioether (sulfide) groups is 6. The van der Waals surface area contributed by atoms with Gasteiger partial charge in [0.25, 0.3) is 0 Å². The summed E-state index contributed by atoms with van der Waals surface area (Å²) in [6.45, 7) is 6.28. The number of hydrogen-bond donors (Lipinski definition) is 0. The molecule has 0 N–H and O–H groups in total. The van der Waals surface area contributed by atoms with Crippen molar-refractivity contribution in [1.29, 1.82) is 0 Å². The average Bonchev–Trinajstić information content (AvgIpc) is 3.60. The van der Waals surface area contributed by atoms with Gasteiger partial charge in [-0.25, -0.2) is 0 Å². The number of hydrogen-bond acceptors (Lipinski definition) is 13. The predicted molar refractivity (Wildman–Crippen MR) is 174 cm³/mol. The minimum atomic E-state index is 0.601. The standard InChI is InChI=1S/C22H32INO6S7/c1-25-3-5-27-7-9-29-11-13-31-19-20(32-14-12-30-10-8-28-6-4-26-2)36-22(35-19)21-33-17-15-24(37-23)16-18(17)34-21/h15-16H,3-14H2,1-2H3. The van der Waals surface area contributed by atoms with Crippen LogP contribution in [0.15, 0.2) is 39.1 Å². The molecule has 0 spiro atoms. The monoisotopic (exact) mass is 757 g/mol. The summed E-state index contributed by atoms with van der Waals surface area (Å²) in [5, 5.41) is 0. The lowest BCUT2D eigenvalue weighted by Gasteiger charge is -2.07. The first kappa shape index (κ1) is 33.2. The van der Waals surface area contributed by atoms with Crippen LogP contribution in [0.2, 0.25) is 0 Å². The summed E-state index contributed by atoms with van der Waals surface area (Å²) in [5.41, 5.74) is 0. The van der Waals surface area contributed by atoms with Gasteiger partial charge < -0.3 is 28.4 Å². The van der Waals surface area contributed by atoms with E-state index in [2.05, 4.69) is 37.6 Å². The Bertz CT molecular complexity index is 811. The molecule has 0 atom stereocenters. The molecular formula is C22H32INO6S7. The normalized spacial score (nSPS) is 15.4. The fraction of sp³-hybridized carbons (Fsp3) is 0.636. The van der Waals surface area contributed by atoms with Gasteiger partial charge >= 0.3 is 0 Å². The van der Waals surface area contributed by atoms with Crippen molar-refractivity contribution in [3.05, 3.63) is 29.3 Å². The van der Waals surface area contributed by atoms with Gasteiger partial charge in [-0.3, -0.25) is 3.97 Å². The molecule has 0 bridgehead atoms. The minimum absolute atomic E-state index is 0.601. The van der Waals surface area contributed by atoms with Crippen molar-refractivity contribution in [2.75, 3.05) is 91.8 Å². The van der Waals surface area contributed by atoms with Crippen LogP contribution < -0.4 is 0 Å². The third-order valence-corrected chi connectivity index (χ3v) is 14.7. The Hall–Kier alpha value is 1.70. The number of ether oxygens (including phenoxy) is 6. The van der Waals surface area contributed by atoms with Gasteiger partial charge in [0, 0.05) is 78.2 Å². The minimum Gasteiger partial charge on any atom is -0.382 e. The molecule has 2 aliphatic heterocycles. The van der Waals surface area contributed by atoms with E-state index in [9.17, 15) is 0 Å². The second-order valence-electron chi connectivity index (χ2n) is 7.11. The lowest BCUT2D eigenvalue weighted by molar-refractivity contribution is 0.0286. The van der Waals surface area contributed by atoms with E-state index in [0.29, 0.717) is 66.1 Å². The molecule has 3 rings (SSSR count). The second-order valence-corrected chi connectivity index (χ2v) is 16.2. The smallest absolute Gasteiger partial charge is 0.0717 e. The zero-order valence-corrected chi connectivity index (χ0v) is 28.6. The SMILES string of the molecule is COCCOCCOCCSC1=C(SCCOCCOCCOC)SC(=C2Sc3cn(SI)cc3S2)S1. The third-order valence-electron chi connectivity index (χ3n) is 4.45. The molecule has 0 fully saturated rings. The molecular weight excluding hydrogens is 726 g/mol. The third kappa shape index (κ3) is 12.6. The fourth-order valence-electron chi connectivity index (χ4n) is 2.74. The molecule has 37 heavy (non-hydrogen) atoms. The van der Waals surface area contributed by atoms with Crippen LogP contribution in [0.1, 0.15) is 0 Å². The van der Waals surface area contributed by atoms with Gasteiger partial charge in [0.15, 0.2) is 0 Å². The van der Waals surface area contributed by atoms with E-state index in [0.717, 1.165) is 11.5 Å². The molecule has 2 aliphatic rings. The summed E-state index contributed by atoms with van der Waals surface area (Å²) in [6.07, 6.45) is 4.43. The summed E-state index contributed by atoms with van der Waals surface area (Å²) >= 11 is 13.6. The molecule has 0 aliphatic carbocycles. The lowest BCUT2D eigenvalue weighted by atomic mass is 10.7. The summed E-state index contributed by atoms with van der Waals surface area (Å²) in [5.74, 6) is 1.84. The number of halogens is 1. The van der Waals surface area contributed by atoms with Crippen LogP contribution in [0.4, 0.5) is 0 Å². The average molecular weight is 758 g/mol. The van der Waals surface area contributed by atoms with Crippen molar-refractivity contribution in [1.82, 2.24) is 3.97 Å². The molecule has 0 saturated carbocycles. The van der Waals surface area contributed by atoms with Crippen molar-refractivity contribution >= 4 is 101 Å². The molecule has 0 unspecified atom stereocenters. The Labute approximate surface area is 261 Å². The zero-order chi connectivity index (χ0) is 26.1. The Balaban J connectivity index is 1.43. The van der Waals surface area contributed by atoms with Crippen molar-refractivity contribution in [2.45, 2.75) is 9.79 Å². The van der Waals surface area contributed by atoms with E-state index in [1.807, 2.05) is 70.6 Å². The van der Waals surface area contributed by atoms with Crippen molar-refractivity contribution in [3.8, 4) is 0 Å². The van der Waals surface area contributed by atoms with E-state index >= 15 is 0 Å². The van der Waals surface area contributed by atoms with Crippen molar-refractivity contribution in [3.63, 3.8) is 0 Å². The van der Waals surface area contributed by atoms with Gasteiger partial charge in [0.1, 0.15) is 0 Å². The second kappa shape index (κ2) is 20.6. The van der Waals surface area contributed by atoms with E-state index in [1.165, 1.54) is 26.7 Å². The Morgan fingerprint density at radius 1 is 0.622 bits per heavy atom. The summed E-state index contributed by atoms with van der Waals surface area (Å²) in [6, 6.07) is 0. The van der Waals surface area contributed by atoms with Gasteiger partial charge in [-0.1, -0.05) is 47.0 Å². The molecule has 15 heteroatoms. The van der Waals surface area contributed by atoms with Crippen LogP contribution in [-0.2, 0) is 28.4 Å². The highest BCUT2D eigenvalue weighted by atomic mass is 127. The van der Waals surface area contributed by atoms with Crippen molar-refractivity contribution in [2.24, 2.45) is 0 Å². The first-order chi connectivity index (χ1) is 18.2. The summed E-state index contributed by atoms with van der Waals surface area (Å²) in [7, 11) is 5.05. The maximum Gasteiger partial charge on any atom is 0.0717 e. The van der Waals surface area contributed by atoms with Gasteiger partial charge in [0.05, 0.1) is 83.0 Å². The van der Waals surface area contributed by atoms with Crippen LogP contribution in [0.25, 0.3) is 0 Å². The number of rotatable bonds is 21. The Kier molecular flexibility index (Phi) is 18.4. The van der Waals surface area contributed by atoms with Crippen LogP contribution in [0.3, 0.4) is 0 Å². The molecule has 1 aromatic heterocycles. The largest absolute Gasteiger partial charge is 0.382 e. The quantitative estimate of drug-likeness (QED) is 0.0949. The number of methoxy groups -OCH3 is 2. The van der Waals surface area contributed by atoms with E-state index in [-0.39, 0.29) is 0 Å². The highest BCUT2D eigenvalue weighted by molar-refractivity contribution is 14.2. The lowest BCUT2D eigenvalue weighted by Crippen LogP contribution is -2.09. The molecule has 0 amide bonds. The van der Waals surface area contributed by atoms with E-state index < -0.39 is 0 Å². The number of aromatic nitrogens is 1. The maximum atomic E-state index is 5.75. The van der Waals surface area contributed by atoms with Gasteiger partial charge in [-0.15, -0.1) is 23.5 Å². The van der Waals surface area contributed by atoms with Crippen LogP contribution in [0.5, 0.6) is 0 Å². The van der Waals surface area contributed by atoms with Crippen LogP contribution in [0, 0.1) is 0 Å². The number of fused-ring (bicyclic) bond motifs is 1. The van der Waals surface area contributed by atoms with Gasteiger partial charge in [-0.2, -0.15) is 0 Å². The highest BCUT2D eigenvalue weighted by Gasteiger charge is 2.30. The molecule has 0 radical (unpaired) electrons. The van der Waals surface area contributed by atoms with E-state index in [1.54, 1.807) is 23.3 Å². The van der Waals surface area contributed by atoms with Crippen LogP contribution >= 0.6 is 101 Å².